The smallest absolute Gasteiger partial charge is 0.438 e. The number of hydrogen-bond donors (Lipinski definition) is 1. The van der Waals surface area contributed by atoms with Gasteiger partial charge >= 0.3 is 11.8 Å². The average Bonchev–Trinajstić information content (AvgIpc) is 3.00. The van der Waals surface area contributed by atoms with Gasteiger partial charge in [0.05, 0.1) is 23.0 Å². The highest BCUT2D eigenvalue weighted by molar-refractivity contribution is 6.30. The molecule has 0 saturated carbocycles. The van der Waals surface area contributed by atoms with E-state index < -0.39 is 16.7 Å². The summed E-state index contributed by atoms with van der Waals surface area (Å²) in [6.45, 7) is 1.94. The van der Waals surface area contributed by atoms with Crippen molar-refractivity contribution in [1.82, 2.24) is 14.7 Å². The molecule has 11 heteroatoms. The molecular formula is C17H14ClN5O5. The molecule has 0 saturated heterocycles. The summed E-state index contributed by atoms with van der Waals surface area (Å²) < 4.78 is 4.89. The number of rotatable bonds is 5. The Hall–Kier alpha value is -3.66. The fourth-order valence-electron chi connectivity index (χ4n) is 2.32. The van der Waals surface area contributed by atoms with Crippen LogP contribution in [0.25, 0.3) is 5.69 Å². The van der Waals surface area contributed by atoms with Crippen LogP contribution in [0.2, 0.25) is 5.02 Å². The quantitative estimate of drug-likeness (QED) is 0.302. The maximum Gasteiger partial charge on any atom is 0.438 e. The van der Waals surface area contributed by atoms with Crippen molar-refractivity contribution in [2.45, 2.75) is 6.92 Å². The monoisotopic (exact) mass is 403 g/mol. The van der Waals surface area contributed by atoms with Crippen molar-refractivity contribution in [3.05, 3.63) is 74.7 Å². The second kappa shape index (κ2) is 7.92. The molecular weight excluding hydrogens is 390 g/mol. The van der Waals surface area contributed by atoms with Gasteiger partial charge < -0.3 is 20.1 Å². The Morgan fingerprint density at radius 1 is 1.25 bits per heavy atom. The van der Waals surface area contributed by atoms with E-state index in [1.165, 1.54) is 36.4 Å². The highest BCUT2D eigenvalue weighted by Crippen LogP contribution is 2.16. The van der Waals surface area contributed by atoms with Gasteiger partial charge in [-0.1, -0.05) is 16.4 Å². The molecule has 3 aromatic rings. The van der Waals surface area contributed by atoms with Gasteiger partial charge in [-0.2, -0.15) is 0 Å². The Morgan fingerprint density at radius 2 is 1.89 bits per heavy atom. The topological polar surface area (TPSA) is 125 Å². The van der Waals surface area contributed by atoms with Crippen molar-refractivity contribution < 1.29 is 19.7 Å². The van der Waals surface area contributed by atoms with E-state index in [2.05, 4.69) is 10.1 Å². The molecule has 10 nitrogen and oxygen atoms in total. The van der Waals surface area contributed by atoms with E-state index >= 15 is 0 Å². The highest BCUT2D eigenvalue weighted by atomic mass is 35.5. The fourth-order valence-corrected chi connectivity index (χ4v) is 2.45. The number of carbonyl (C=O) groups excluding carboxylic acids is 1. The van der Waals surface area contributed by atoms with Crippen LogP contribution >= 0.6 is 11.6 Å². The highest BCUT2D eigenvalue weighted by Gasteiger charge is 2.24. The zero-order valence-electron chi connectivity index (χ0n) is 14.5. The summed E-state index contributed by atoms with van der Waals surface area (Å²) in [5, 5.41) is 26.0. The van der Waals surface area contributed by atoms with Crippen molar-refractivity contribution in [1.29, 1.82) is 0 Å². The van der Waals surface area contributed by atoms with Gasteiger partial charge in [-0.15, -0.1) is 0 Å². The fraction of sp³-hybridized carbons (Fsp3) is 0.118. The lowest BCUT2D eigenvalue weighted by atomic mass is 10.2. The van der Waals surface area contributed by atoms with E-state index in [0.29, 0.717) is 21.1 Å². The zero-order valence-corrected chi connectivity index (χ0v) is 15.3. The van der Waals surface area contributed by atoms with Crippen molar-refractivity contribution in [3.63, 3.8) is 0 Å². The predicted octanol–water partition coefficient (Wildman–Crippen LogP) is 2.88. The number of aromatic nitrogens is 3. The molecule has 0 aliphatic heterocycles. The van der Waals surface area contributed by atoms with Gasteiger partial charge in [0.15, 0.2) is 0 Å². The summed E-state index contributed by atoms with van der Waals surface area (Å²) in [5.74, 6) is -1.14. The summed E-state index contributed by atoms with van der Waals surface area (Å²) in [7, 11) is 0. The third-order valence-corrected chi connectivity index (χ3v) is 3.85. The first-order valence-corrected chi connectivity index (χ1v) is 8.42. The molecule has 0 aliphatic rings. The summed E-state index contributed by atoms with van der Waals surface area (Å²) in [6.07, 6.45) is 0. The summed E-state index contributed by atoms with van der Waals surface area (Å²) in [4.78, 5) is 27.7. The SMILES string of the molecule is CCOC(=O)c1ccc(N=c2c([N+](=O)[O-])nn(-c3ccc(Cl)cc3)n2O)cc1. The molecule has 0 aliphatic carbocycles. The van der Waals surface area contributed by atoms with Crippen LogP contribution in [0.1, 0.15) is 17.3 Å². The lowest BCUT2D eigenvalue weighted by molar-refractivity contribution is -0.391. The van der Waals surface area contributed by atoms with Crippen LogP contribution in [0, 0.1) is 10.1 Å². The molecule has 144 valence electrons. The normalized spacial score (nSPS) is 11.4. The number of halogens is 1. The van der Waals surface area contributed by atoms with Gasteiger partial charge in [0.2, 0.25) is 0 Å². The van der Waals surface area contributed by atoms with Gasteiger partial charge in [-0.3, -0.25) is 0 Å². The Kier molecular flexibility index (Phi) is 5.41. The second-order valence-corrected chi connectivity index (χ2v) is 5.88. The van der Waals surface area contributed by atoms with Crippen LogP contribution in [0.15, 0.2) is 53.5 Å². The first kappa shape index (κ1) is 19.1. The van der Waals surface area contributed by atoms with Crippen LogP contribution in [-0.4, -0.2) is 37.4 Å². The van der Waals surface area contributed by atoms with Crippen LogP contribution in [0.5, 0.6) is 0 Å². The van der Waals surface area contributed by atoms with Crippen LogP contribution < -0.4 is 5.49 Å². The van der Waals surface area contributed by atoms with Crippen LogP contribution in [-0.2, 0) is 4.74 Å². The maximum atomic E-state index is 11.7. The minimum atomic E-state index is -0.759. The number of nitro groups is 1. The molecule has 0 amide bonds. The van der Waals surface area contributed by atoms with E-state index in [4.69, 9.17) is 16.3 Å². The Morgan fingerprint density at radius 3 is 2.46 bits per heavy atom. The molecule has 0 spiro atoms. The first-order valence-electron chi connectivity index (χ1n) is 8.04. The van der Waals surface area contributed by atoms with Crippen LogP contribution in [0.3, 0.4) is 0 Å². The van der Waals surface area contributed by atoms with Crippen molar-refractivity contribution >= 4 is 29.1 Å². The molecule has 0 radical (unpaired) electrons. The largest absolute Gasteiger partial charge is 0.462 e. The average molecular weight is 404 g/mol. The predicted molar refractivity (Wildman–Crippen MR) is 98.0 cm³/mol. The third kappa shape index (κ3) is 3.86. The van der Waals surface area contributed by atoms with Gasteiger partial charge in [-0.25, -0.2) is 9.79 Å². The molecule has 3 rings (SSSR count). The van der Waals surface area contributed by atoms with Gasteiger partial charge in [-0.05, 0) is 65.2 Å². The minimum Gasteiger partial charge on any atom is -0.462 e. The molecule has 0 unspecified atom stereocenters. The Labute approximate surface area is 163 Å². The van der Waals surface area contributed by atoms with Gasteiger partial charge in [0, 0.05) is 5.02 Å². The summed E-state index contributed by atoms with van der Waals surface area (Å²) >= 11 is 5.83. The molecule has 28 heavy (non-hydrogen) atoms. The molecule has 1 aromatic heterocycles. The van der Waals surface area contributed by atoms with Crippen molar-refractivity contribution in [2.75, 3.05) is 6.61 Å². The van der Waals surface area contributed by atoms with E-state index in [-0.39, 0.29) is 17.8 Å². The number of hydrogen-bond acceptors (Lipinski definition) is 7. The molecule has 0 bridgehead atoms. The van der Waals surface area contributed by atoms with Gasteiger partial charge in [0.25, 0.3) is 5.49 Å². The Bertz CT molecular complexity index is 1090. The van der Waals surface area contributed by atoms with Crippen LogP contribution in [0.4, 0.5) is 11.5 Å². The van der Waals surface area contributed by atoms with E-state index in [1.807, 2.05) is 0 Å². The number of nitrogens with zero attached hydrogens (tertiary/aromatic N) is 5. The zero-order chi connectivity index (χ0) is 20.3. The Balaban J connectivity index is 2.06. The van der Waals surface area contributed by atoms with E-state index in [0.717, 1.165) is 4.80 Å². The molecule has 1 N–H and O–H groups in total. The van der Waals surface area contributed by atoms with Crippen molar-refractivity contribution in [3.8, 4) is 5.69 Å². The summed E-state index contributed by atoms with van der Waals surface area (Å²) in [5.41, 5.74) is 0.539. The lowest BCUT2D eigenvalue weighted by Gasteiger charge is -2.01. The minimum absolute atomic E-state index is 0.242. The van der Waals surface area contributed by atoms with Crippen molar-refractivity contribution in [2.24, 2.45) is 4.99 Å². The number of benzene rings is 2. The molecule has 1 heterocycles. The van der Waals surface area contributed by atoms with E-state index in [1.54, 1.807) is 19.1 Å². The summed E-state index contributed by atoms with van der Waals surface area (Å²) in [6, 6.07) is 12.0. The standard InChI is InChI=1S/C17H14ClN5O5/c1-2-28-17(24)11-3-7-13(8-4-11)19-15-16(23(26)27)20-21(22(15)25)14-9-5-12(18)6-10-14/h3-10,25H,2H2,1H3. The number of carbonyl (C=O) groups is 1. The molecule has 2 aromatic carbocycles. The van der Waals surface area contributed by atoms with E-state index in [9.17, 15) is 20.1 Å². The number of ether oxygens (including phenoxy) is 1. The number of esters is 1. The maximum absolute atomic E-state index is 11.7. The third-order valence-electron chi connectivity index (χ3n) is 3.60. The first-order chi connectivity index (χ1) is 13.4. The van der Waals surface area contributed by atoms with Gasteiger partial charge in [0.1, 0.15) is 5.69 Å². The molecule has 0 atom stereocenters. The lowest BCUT2D eigenvalue weighted by Crippen LogP contribution is -2.22. The second-order valence-electron chi connectivity index (χ2n) is 5.44. The molecule has 0 fully saturated rings.